The molecule has 0 atom stereocenters. The fourth-order valence-corrected chi connectivity index (χ4v) is 3.33. The molecule has 1 nitrogen and oxygen atoms in total. The van der Waals surface area contributed by atoms with Gasteiger partial charge in [0.25, 0.3) is 0 Å². The van der Waals surface area contributed by atoms with Gasteiger partial charge in [0.1, 0.15) is 0 Å². The monoisotopic (exact) mass is 224 g/mol. The van der Waals surface area contributed by atoms with E-state index in [0.29, 0.717) is 0 Å². The maximum Gasteiger partial charge on any atom is 0.0854 e. The van der Waals surface area contributed by atoms with Gasteiger partial charge in [-0.1, -0.05) is 6.07 Å². The molecule has 0 saturated heterocycles. The molecule has 2 aromatic rings. The molecular formula is C11H12OS2. The Labute approximate surface area is 91.7 Å². The topological polar surface area (TPSA) is 20.2 Å². The third kappa shape index (κ3) is 1.75. The van der Waals surface area contributed by atoms with Gasteiger partial charge in [-0.3, -0.25) is 0 Å². The van der Waals surface area contributed by atoms with Crippen LogP contribution in [0.2, 0.25) is 0 Å². The second kappa shape index (κ2) is 3.50. The van der Waals surface area contributed by atoms with Gasteiger partial charge in [-0.2, -0.15) is 0 Å². The largest absolute Gasteiger partial charge is 0.386 e. The van der Waals surface area contributed by atoms with E-state index in [1.165, 1.54) is 9.75 Å². The summed E-state index contributed by atoms with van der Waals surface area (Å²) in [5.74, 6) is 0. The maximum atomic E-state index is 9.97. The molecule has 2 rings (SSSR count). The molecule has 0 saturated carbocycles. The van der Waals surface area contributed by atoms with Crippen LogP contribution in [0.4, 0.5) is 0 Å². The van der Waals surface area contributed by atoms with Gasteiger partial charge in [0.15, 0.2) is 0 Å². The van der Waals surface area contributed by atoms with Crippen LogP contribution in [-0.2, 0) is 5.60 Å². The van der Waals surface area contributed by atoms with E-state index in [4.69, 9.17) is 0 Å². The van der Waals surface area contributed by atoms with Gasteiger partial charge >= 0.3 is 0 Å². The Morgan fingerprint density at radius 2 is 1.93 bits per heavy atom. The Bertz CT molecular complexity index is 407. The molecule has 3 heteroatoms. The molecule has 2 aromatic heterocycles. The van der Waals surface area contributed by atoms with Crippen LogP contribution in [-0.4, -0.2) is 5.11 Å². The summed E-state index contributed by atoms with van der Waals surface area (Å²) in [4.78, 5) is 2.42. The zero-order chi connectivity index (χ0) is 10.2. The Kier molecular flexibility index (Phi) is 2.47. The molecule has 74 valence electrons. The van der Waals surface area contributed by atoms with E-state index in [-0.39, 0.29) is 0 Å². The fourth-order valence-electron chi connectivity index (χ4n) is 1.39. The van der Waals surface area contributed by atoms with Crippen molar-refractivity contribution in [2.75, 3.05) is 0 Å². The highest BCUT2D eigenvalue weighted by Gasteiger charge is 2.21. The molecule has 0 aromatic carbocycles. The van der Waals surface area contributed by atoms with Gasteiger partial charge in [0, 0.05) is 10.4 Å². The summed E-state index contributed by atoms with van der Waals surface area (Å²) in [7, 11) is 0. The Morgan fingerprint density at radius 1 is 1.14 bits per heavy atom. The predicted octanol–water partition coefficient (Wildman–Crippen LogP) is 3.70. The van der Waals surface area contributed by atoms with Crippen molar-refractivity contribution in [3.8, 4) is 9.75 Å². The first-order valence-electron chi connectivity index (χ1n) is 4.43. The molecule has 14 heavy (non-hydrogen) atoms. The first-order chi connectivity index (χ1) is 6.59. The summed E-state index contributed by atoms with van der Waals surface area (Å²) in [6.45, 7) is 3.65. The van der Waals surface area contributed by atoms with Crippen molar-refractivity contribution in [2.45, 2.75) is 19.4 Å². The second-order valence-corrected chi connectivity index (χ2v) is 5.56. The number of aliphatic hydroxyl groups is 1. The zero-order valence-corrected chi connectivity index (χ0v) is 9.78. The summed E-state index contributed by atoms with van der Waals surface area (Å²) in [5, 5.41) is 14.1. The number of hydrogen-bond acceptors (Lipinski definition) is 3. The van der Waals surface area contributed by atoms with Crippen molar-refractivity contribution in [3.05, 3.63) is 34.5 Å². The molecule has 0 aliphatic carbocycles. The lowest BCUT2D eigenvalue weighted by molar-refractivity contribution is 0.0796. The number of rotatable bonds is 2. The lowest BCUT2D eigenvalue weighted by Crippen LogP contribution is -2.14. The quantitative estimate of drug-likeness (QED) is 0.824. The highest BCUT2D eigenvalue weighted by Crippen LogP contribution is 2.38. The van der Waals surface area contributed by atoms with Crippen LogP contribution in [0.1, 0.15) is 19.4 Å². The lowest BCUT2D eigenvalue weighted by Gasteiger charge is -2.17. The van der Waals surface area contributed by atoms with E-state index in [1.54, 1.807) is 22.7 Å². The van der Waals surface area contributed by atoms with Crippen molar-refractivity contribution in [1.29, 1.82) is 0 Å². The highest BCUT2D eigenvalue weighted by atomic mass is 32.1. The van der Waals surface area contributed by atoms with Crippen molar-refractivity contribution in [2.24, 2.45) is 0 Å². The van der Waals surface area contributed by atoms with Gasteiger partial charge in [0.05, 0.1) is 10.5 Å². The van der Waals surface area contributed by atoms with Crippen molar-refractivity contribution < 1.29 is 5.11 Å². The SMILES string of the molecule is CC(C)(O)c1ccsc1-c1cccs1. The molecule has 0 aliphatic rings. The highest BCUT2D eigenvalue weighted by molar-refractivity contribution is 7.20. The minimum Gasteiger partial charge on any atom is -0.386 e. The smallest absolute Gasteiger partial charge is 0.0854 e. The minimum atomic E-state index is -0.751. The molecule has 0 fully saturated rings. The summed E-state index contributed by atoms with van der Waals surface area (Å²) in [6.07, 6.45) is 0. The van der Waals surface area contributed by atoms with Crippen molar-refractivity contribution in [3.63, 3.8) is 0 Å². The molecule has 0 aliphatic heterocycles. The minimum absolute atomic E-state index is 0.751. The standard InChI is InChI=1S/C11H12OS2/c1-11(2,12)8-5-7-14-10(8)9-4-3-6-13-9/h3-7,12H,1-2H3. The van der Waals surface area contributed by atoms with Crippen LogP contribution in [0.25, 0.3) is 9.75 Å². The fraction of sp³-hybridized carbons (Fsp3) is 0.273. The average molecular weight is 224 g/mol. The van der Waals surface area contributed by atoms with E-state index < -0.39 is 5.60 Å². The molecule has 0 unspecified atom stereocenters. The van der Waals surface area contributed by atoms with E-state index >= 15 is 0 Å². The van der Waals surface area contributed by atoms with Crippen molar-refractivity contribution >= 4 is 22.7 Å². The lowest BCUT2D eigenvalue weighted by atomic mass is 9.99. The van der Waals surface area contributed by atoms with E-state index in [1.807, 2.05) is 31.4 Å². The number of thiophene rings is 2. The Hall–Kier alpha value is -0.640. The molecule has 0 spiro atoms. The van der Waals surface area contributed by atoms with Gasteiger partial charge in [-0.25, -0.2) is 0 Å². The molecule has 0 bridgehead atoms. The molecule has 2 heterocycles. The van der Waals surface area contributed by atoms with Gasteiger partial charge < -0.3 is 5.11 Å². The summed E-state index contributed by atoms with van der Waals surface area (Å²) in [6, 6.07) is 6.12. The van der Waals surface area contributed by atoms with E-state index in [2.05, 4.69) is 11.4 Å². The van der Waals surface area contributed by atoms with Gasteiger partial charge in [0.2, 0.25) is 0 Å². The van der Waals surface area contributed by atoms with Crippen LogP contribution < -0.4 is 0 Å². The summed E-state index contributed by atoms with van der Waals surface area (Å²) >= 11 is 3.39. The third-order valence-electron chi connectivity index (χ3n) is 2.07. The molecule has 0 radical (unpaired) electrons. The summed E-state index contributed by atoms with van der Waals surface area (Å²) < 4.78 is 0. The average Bonchev–Trinajstić information content (AvgIpc) is 2.73. The van der Waals surface area contributed by atoms with Crippen LogP contribution in [0.15, 0.2) is 29.0 Å². The maximum absolute atomic E-state index is 9.97. The van der Waals surface area contributed by atoms with Crippen LogP contribution >= 0.6 is 22.7 Å². The van der Waals surface area contributed by atoms with Crippen LogP contribution in [0.3, 0.4) is 0 Å². The normalized spacial score (nSPS) is 11.9. The third-order valence-corrected chi connectivity index (χ3v) is 4.03. The van der Waals surface area contributed by atoms with Crippen molar-refractivity contribution in [1.82, 2.24) is 0 Å². The first kappa shape index (κ1) is 9.90. The molecule has 1 N–H and O–H groups in total. The zero-order valence-electron chi connectivity index (χ0n) is 8.15. The first-order valence-corrected chi connectivity index (χ1v) is 6.19. The Balaban J connectivity index is 2.51. The van der Waals surface area contributed by atoms with E-state index in [0.717, 1.165) is 5.56 Å². The number of hydrogen-bond donors (Lipinski definition) is 1. The molecule has 0 amide bonds. The van der Waals surface area contributed by atoms with Crippen LogP contribution in [0, 0.1) is 0 Å². The van der Waals surface area contributed by atoms with E-state index in [9.17, 15) is 5.11 Å². The molecular weight excluding hydrogens is 212 g/mol. The van der Waals surface area contributed by atoms with Gasteiger partial charge in [-0.05, 0) is 36.7 Å². The predicted molar refractivity (Wildman–Crippen MR) is 62.9 cm³/mol. The summed E-state index contributed by atoms with van der Waals surface area (Å²) in [5.41, 5.74) is 0.268. The van der Waals surface area contributed by atoms with Gasteiger partial charge in [-0.15, -0.1) is 22.7 Å². The second-order valence-electron chi connectivity index (χ2n) is 3.70. The Morgan fingerprint density at radius 3 is 2.50 bits per heavy atom. The van der Waals surface area contributed by atoms with Crippen LogP contribution in [0.5, 0.6) is 0 Å².